The molecule has 1 N–H and O–H groups in total. The molecule has 1 saturated heterocycles. The molecule has 3 heterocycles. The van der Waals surface area contributed by atoms with Crippen molar-refractivity contribution in [3.8, 4) is 11.3 Å². The Bertz CT molecular complexity index is 903. The molecule has 1 aliphatic rings. The van der Waals surface area contributed by atoms with Gasteiger partial charge in [-0.1, -0.05) is 23.7 Å². The number of hydrogen-bond donors (Lipinski definition) is 1. The molecule has 7 heteroatoms. The molecule has 25 heavy (non-hydrogen) atoms. The highest BCUT2D eigenvalue weighted by molar-refractivity contribution is 7.15. The van der Waals surface area contributed by atoms with E-state index >= 15 is 0 Å². The van der Waals surface area contributed by atoms with Gasteiger partial charge >= 0.3 is 0 Å². The lowest BCUT2D eigenvalue weighted by Gasteiger charge is -2.31. The molecular weight excluding hydrogens is 358 g/mol. The summed E-state index contributed by atoms with van der Waals surface area (Å²) in [6, 6.07) is 7.51. The molecular formula is C18H18ClN3O2S. The fourth-order valence-electron chi connectivity index (χ4n) is 3.26. The van der Waals surface area contributed by atoms with Gasteiger partial charge in [-0.25, -0.2) is 4.98 Å². The van der Waals surface area contributed by atoms with Crippen molar-refractivity contribution in [2.24, 2.45) is 5.92 Å². The van der Waals surface area contributed by atoms with Gasteiger partial charge in [0.2, 0.25) is 0 Å². The van der Waals surface area contributed by atoms with Crippen LogP contribution in [0.5, 0.6) is 0 Å². The maximum atomic E-state index is 12.9. The minimum Gasteiger partial charge on any atom is -0.396 e. The molecule has 3 aromatic rings. The van der Waals surface area contributed by atoms with Crippen LogP contribution >= 0.6 is 22.9 Å². The first-order valence-electron chi connectivity index (χ1n) is 8.28. The van der Waals surface area contributed by atoms with Gasteiger partial charge in [-0.2, -0.15) is 0 Å². The first kappa shape index (κ1) is 16.6. The fraction of sp³-hybridized carbons (Fsp3) is 0.333. The number of aliphatic hydroxyl groups excluding tert-OH is 1. The number of hydrogen-bond acceptors (Lipinski definition) is 4. The van der Waals surface area contributed by atoms with Crippen LogP contribution in [-0.4, -0.2) is 45.0 Å². The second-order valence-corrected chi connectivity index (χ2v) is 7.62. The molecule has 2 aromatic heterocycles. The molecule has 0 aliphatic carbocycles. The number of aromatic nitrogens is 2. The molecule has 0 saturated carbocycles. The zero-order valence-corrected chi connectivity index (χ0v) is 15.1. The average molecular weight is 376 g/mol. The van der Waals surface area contributed by atoms with E-state index in [0.29, 0.717) is 17.3 Å². The van der Waals surface area contributed by atoms with Gasteiger partial charge in [0, 0.05) is 41.9 Å². The van der Waals surface area contributed by atoms with Gasteiger partial charge in [0.05, 0.1) is 5.69 Å². The Labute approximate surface area is 154 Å². The van der Waals surface area contributed by atoms with Crippen molar-refractivity contribution in [3.63, 3.8) is 0 Å². The molecule has 0 radical (unpaired) electrons. The summed E-state index contributed by atoms with van der Waals surface area (Å²) in [6.45, 7) is 1.49. The van der Waals surface area contributed by atoms with Gasteiger partial charge in [0.1, 0.15) is 5.69 Å². The number of aliphatic hydroxyl groups is 1. The van der Waals surface area contributed by atoms with Gasteiger partial charge < -0.3 is 10.0 Å². The maximum Gasteiger partial charge on any atom is 0.271 e. The van der Waals surface area contributed by atoms with E-state index in [4.69, 9.17) is 11.6 Å². The van der Waals surface area contributed by atoms with E-state index in [1.165, 1.54) is 11.3 Å². The lowest BCUT2D eigenvalue weighted by Crippen LogP contribution is -2.41. The summed E-state index contributed by atoms with van der Waals surface area (Å²) in [5.74, 6) is 0.184. The van der Waals surface area contributed by atoms with Gasteiger partial charge in [-0.05, 0) is 30.9 Å². The highest BCUT2D eigenvalue weighted by atomic mass is 35.5. The summed E-state index contributed by atoms with van der Waals surface area (Å²) >= 11 is 7.40. The quantitative estimate of drug-likeness (QED) is 0.761. The van der Waals surface area contributed by atoms with Crippen molar-refractivity contribution in [1.82, 2.24) is 14.3 Å². The molecule has 1 atom stereocenters. The summed E-state index contributed by atoms with van der Waals surface area (Å²) in [6.07, 6.45) is 3.81. The highest BCUT2D eigenvalue weighted by Gasteiger charge is 2.26. The number of likely N-dealkylation sites (tertiary alicyclic amines) is 1. The summed E-state index contributed by atoms with van der Waals surface area (Å²) in [7, 11) is 0. The topological polar surface area (TPSA) is 57.8 Å². The Balaban J connectivity index is 1.64. The summed E-state index contributed by atoms with van der Waals surface area (Å²) in [4.78, 5) is 20.2. The van der Waals surface area contributed by atoms with Crippen molar-refractivity contribution in [2.75, 3.05) is 19.7 Å². The summed E-state index contributed by atoms with van der Waals surface area (Å²) in [5.41, 5.74) is 2.42. The number of thiazole rings is 1. The van der Waals surface area contributed by atoms with Gasteiger partial charge in [0.15, 0.2) is 4.96 Å². The number of piperidine rings is 1. The lowest BCUT2D eigenvalue weighted by atomic mass is 9.99. The molecule has 130 valence electrons. The lowest BCUT2D eigenvalue weighted by molar-refractivity contribution is 0.0614. The van der Waals surface area contributed by atoms with E-state index in [-0.39, 0.29) is 18.4 Å². The number of fused-ring (bicyclic) bond motifs is 1. The number of carbonyl (C=O) groups is 1. The van der Waals surface area contributed by atoms with Crippen molar-refractivity contribution >= 4 is 33.8 Å². The Morgan fingerprint density at radius 3 is 2.92 bits per heavy atom. The summed E-state index contributed by atoms with van der Waals surface area (Å²) in [5, 5.41) is 11.9. The van der Waals surface area contributed by atoms with Crippen LogP contribution in [0.2, 0.25) is 5.02 Å². The zero-order valence-electron chi connectivity index (χ0n) is 13.6. The number of halogens is 1. The van der Waals surface area contributed by atoms with E-state index in [1.807, 2.05) is 45.1 Å². The number of nitrogens with zero attached hydrogens (tertiary/aromatic N) is 3. The van der Waals surface area contributed by atoms with E-state index in [1.54, 1.807) is 0 Å². The van der Waals surface area contributed by atoms with Crippen LogP contribution in [0, 0.1) is 5.92 Å². The molecule has 0 spiro atoms. The Morgan fingerprint density at radius 1 is 1.36 bits per heavy atom. The van der Waals surface area contributed by atoms with E-state index in [0.717, 1.165) is 35.6 Å². The summed E-state index contributed by atoms with van der Waals surface area (Å²) < 4.78 is 1.86. The van der Waals surface area contributed by atoms with Gasteiger partial charge in [-0.3, -0.25) is 9.20 Å². The van der Waals surface area contributed by atoms with Crippen LogP contribution in [0.4, 0.5) is 0 Å². The second-order valence-electron chi connectivity index (χ2n) is 6.35. The minimum absolute atomic E-state index is 0.00413. The second kappa shape index (κ2) is 6.78. The molecule has 1 amide bonds. The smallest absolute Gasteiger partial charge is 0.271 e. The fourth-order valence-corrected chi connectivity index (χ4v) is 4.23. The van der Waals surface area contributed by atoms with Crippen molar-refractivity contribution in [1.29, 1.82) is 0 Å². The Kier molecular flexibility index (Phi) is 4.50. The number of rotatable bonds is 3. The largest absolute Gasteiger partial charge is 0.396 e. The van der Waals surface area contributed by atoms with Gasteiger partial charge in [0.25, 0.3) is 5.91 Å². The molecule has 1 aliphatic heterocycles. The number of imidazole rings is 1. The van der Waals surface area contributed by atoms with Gasteiger partial charge in [-0.15, -0.1) is 11.3 Å². The van der Waals surface area contributed by atoms with Crippen LogP contribution in [-0.2, 0) is 0 Å². The predicted molar refractivity (Wildman–Crippen MR) is 99.2 cm³/mol. The first-order chi connectivity index (χ1) is 12.2. The third-order valence-electron chi connectivity index (χ3n) is 4.63. The first-order valence-corrected chi connectivity index (χ1v) is 9.54. The molecule has 5 nitrogen and oxygen atoms in total. The maximum absolute atomic E-state index is 12.9. The Morgan fingerprint density at radius 2 is 2.16 bits per heavy atom. The predicted octanol–water partition coefficient (Wildman–Crippen LogP) is 3.56. The molecule has 1 unspecified atom stereocenters. The number of benzene rings is 1. The Hall–Kier alpha value is -1.89. The van der Waals surface area contributed by atoms with Crippen molar-refractivity contribution in [3.05, 3.63) is 46.6 Å². The average Bonchev–Trinajstić information content (AvgIpc) is 3.22. The van der Waals surface area contributed by atoms with Crippen LogP contribution in [0.1, 0.15) is 23.3 Å². The molecule has 0 bridgehead atoms. The molecule has 1 fully saturated rings. The molecule has 4 rings (SSSR count). The number of amides is 1. The van der Waals surface area contributed by atoms with Crippen molar-refractivity contribution < 1.29 is 9.90 Å². The van der Waals surface area contributed by atoms with Crippen molar-refractivity contribution in [2.45, 2.75) is 12.8 Å². The standard InChI is InChI=1S/C18H18ClN3O2S/c19-14-5-3-13(4-6-14)15-9-22-16(11-25-18(22)20-15)17(24)21-7-1-2-12(8-21)10-23/h3-6,9,11-12,23H,1-2,7-8,10H2. The normalized spacial score (nSPS) is 18.0. The third kappa shape index (κ3) is 3.17. The zero-order chi connectivity index (χ0) is 17.4. The van der Waals surface area contributed by atoms with Crippen LogP contribution in [0.3, 0.4) is 0 Å². The number of carbonyl (C=O) groups excluding carboxylic acids is 1. The monoisotopic (exact) mass is 375 g/mol. The third-order valence-corrected chi connectivity index (χ3v) is 5.72. The van der Waals surface area contributed by atoms with Crippen LogP contribution in [0.25, 0.3) is 16.2 Å². The van der Waals surface area contributed by atoms with Crippen LogP contribution in [0.15, 0.2) is 35.8 Å². The van der Waals surface area contributed by atoms with E-state index in [9.17, 15) is 9.90 Å². The van der Waals surface area contributed by atoms with E-state index < -0.39 is 0 Å². The minimum atomic E-state index is 0.00413. The highest BCUT2D eigenvalue weighted by Crippen LogP contribution is 2.26. The SMILES string of the molecule is O=C(c1csc2nc(-c3ccc(Cl)cc3)cn12)N1CCCC(CO)C1. The van der Waals surface area contributed by atoms with E-state index in [2.05, 4.69) is 4.98 Å². The van der Waals surface area contributed by atoms with Crippen LogP contribution < -0.4 is 0 Å². The molecule has 1 aromatic carbocycles.